The summed E-state index contributed by atoms with van der Waals surface area (Å²) >= 11 is 6.84. The first-order chi connectivity index (χ1) is 26.8. The van der Waals surface area contributed by atoms with Gasteiger partial charge in [-0.3, -0.25) is 10.1 Å². The Bertz CT molecular complexity index is 2340. The largest absolute Gasteiger partial charge is 0.488 e. The normalized spacial score (nSPS) is 12.5. The van der Waals surface area contributed by atoms with E-state index in [-0.39, 0.29) is 26.2 Å². The summed E-state index contributed by atoms with van der Waals surface area (Å²) in [5, 5.41) is 23.1. The Hall–Kier alpha value is -6.28. The lowest BCUT2D eigenvalue weighted by molar-refractivity contribution is -0.139. The van der Waals surface area contributed by atoms with Crippen LogP contribution in [0, 0.1) is 18.3 Å². The van der Waals surface area contributed by atoms with Crippen LogP contribution >= 0.6 is 11.6 Å². The van der Waals surface area contributed by atoms with Crippen LogP contribution in [0.3, 0.4) is 0 Å². The van der Waals surface area contributed by atoms with Crippen molar-refractivity contribution in [1.82, 2.24) is 14.9 Å². The molecule has 278 valence electrons. The number of hydrogen-bond acceptors (Lipinski definition) is 8. The van der Waals surface area contributed by atoms with Gasteiger partial charge in [-0.25, -0.2) is 4.98 Å². The second kappa shape index (κ2) is 17.2. The quantitative estimate of drug-likeness (QED) is 0.107. The Morgan fingerprint density at radius 2 is 1.69 bits per heavy atom. The summed E-state index contributed by atoms with van der Waals surface area (Å²) in [6.07, 6.45) is 3.75. The molecule has 0 aliphatic carbocycles. The van der Waals surface area contributed by atoms with Crippen LogP contribution in [0.1, 0.15) is 39.1 Å². The number of imidazole rings is 1. The zero-order valence-electron chi connectivity index (χ0n) is 30.2. The van der Waals surface area contributed by atoms with Gasteiger partial charge in [-0.15, -0.1) is 0 Å². The van der Waals surface area contributed by atoms with Crippen LogP contribution in [0.2, 0.25) is 5.02 Å². The second-order valence-corrected chi connectivity index (χ2v) is 13.6. The standard InChI is InChI=1S/C44H39ClN4O6/c1-29-34(11-6-12-37(29)33-13-14-40-43(19-33)53-16-15-52-40)27-55-42-21-41(54-26-32-10-5-9-31(17-32)22-46)35(18-38(42)45)23-47-39(44(50)51)20-36-25-49(28-48-36)24-30-7-3-2-4-8-30/h2-14,17-19,21,25,28,39,47H,15-16,20,23-24,26-27H2,1H3,(H,50,51)/t39-/m1/s1. The Kier molecular flexibility index (Phi) is 11.6. The van der Waals surface area contributed by atoms with Crippen molar-refractivity contribution in [1.29, 1.82) is 5.26 Å². The fourth-order valence-electron chi connectivity index (χ4n) is 6.45. The maximum Gasteiger partial charge on any atom is 0.321 e. The van der Waals surface area contributed by atoms with Crippen molar-refractivity contribution in [2.45, 2.75) is 45.7 Å². The minimum atomic E-state index is -1.01. The Labute approximate surface area is 324 Å². The average molecular weight is 755 g/mol. The lowest BCUT2D eigenvalue weighted by Crippen LogP contribution is -2.38. The third-order valence-electron chi connectivity index (χ3n) is 9.39. The third kappa shape index (κ3) is 9.27. The van der Waals surface area contributed by atoms with Crippen LogP contribution in [0.15, 0.2) is 116 Å². The van der Waals surface area contributed by atoms with Crippen molar-refractivity contribution in [3.63, 3.8) is 0 Å². The van der Waals surface area contributed by atoms with Crippen molar-refractivity contribution in [3.8, 4) is 40.2 Å². The van der Waals surface area contributed by atoms with E-state index in [4.69, 9.17) is 30.5 Å². The fraction of sp³-hybridized carbons (Fsp3) is 0.205. The van der Waals surface area contributed by atoms with Gasteiger partial charge in [0.15, 0.2) is 11.5 Å². The highest BCUT2D eigenvalue weighted by atomic mass is 35.5. The predicted octanol–water partition coefficient (Wildman–Crippen LogP) is 8.15. The summed E-state index contributed by atoms with van der Waals surface area (Å²) in [5.41, 5.74) is 7.82. The summed E-state index contributed by atoms with van der Waals surface area (Å²) in [7, 11) is 0. The van der Waals surface area contributed by atoms with E-state index in [9.17, 15) is 15.2 Å². The minimum Gasteiger partial charge on any atom is -0.488 e. The summed E-state index contributed by atoms with van der Waals surface area (Å²) in [5.74, 6) is 1.33. The van der Waals surface area contributed by atoms with Gasteiger partial charge in [-0.2, -0.15) is 5.26 Å². The molecule has 7 rings (SSSR count). The van der Waals surface area contributed by atoms with E-state index in [2.05, 4.69) is 29.4 Å². The number of nitriles is 1. The van der Waals surface area contributed by atoms with E-state index in [0.29, 0.717) is 53.1 Å². The van der Waals surface area contributed by atoms with Crippen LogP contribution in [0.4, 0.5) is 0 Å². The molecule has 0 radical (unpaired) electrons. The Balaban J connectivity index is 1.09. The highest BCUT2D eigenvalue weighted by molar-refractivity contribution is 6.32. The van der Waals surface area contributed by atoms with E-state index >= 15 is 0 Å². The molecule has 55 heavy (non-hydrogen) atoms. The summed E-state index contributed by atoms with van der Waals surface area (Å²) in [6.45, 7) is 4.28. The zero-order chi connectivity index (χ0) is 38.1. The molecule has 11 heteroatoms. The smallest absolute Gasteiger partial charge is 0.321 e. The molecule has 0 bridgehead atoms. The molecule has 0 amide bonds. The first-order valence-electron chi connectivity index (χ1n) is 17.9. The average Bonchev–Trinajstić information content (AvgIpc) is 3.65. The van der Waals surface area contributed by atoms with Gasteiger partial charge in [0.1, 0.15) is 44.0 Å². The molecule has 0 fully saturated rings. The zero-order valence-corrected chi connectivity index (χ0v) is 31.0. The Morgan fingerprint density at radius 1 is 0.909 bits per heavy atom. The summed E-state index contributed by atoms with van der Waals surface area (Å²) in [6, 6.07) is 33.9. The molecule has 1 atom stereocenters. The van der Waals surface area contributed by atoms with Crippen molar-refractivity contribution >= 4 is 17.6 Å². The number of carboxylic acids is 1. The van der Waals surface area contributed by atoms with Crippen LogP contribution < -0.4 is 24.3 Å². The third-order valence-corrected chi connectivity index (χ3v) is 9.69. The monoisotopic (exact) mass is 754 g/mol. The number of aliphatic carboxylic acids is 1. The van der Waals surface area contributed by atoms with Gasteiger partial charge in [-0.1, -0.05) is 78.3 Å². The topological polar surface area (TPSA) is 128 Å². The molecule has 1 aromatic heterocycles. The molecule has 0 saturated heterocycles. The lowest BCUT2D eigenvalue weighted by Gasteiger charge is -2.20. The van der Waals surface area contributed by atoms with Crippen LogP contribution in [-0.4, -0.2) is 39.9 Å². The number of ether oxygens (including phenoxy) is 4. The molecule has 1 aliphatic heterocycles. The van der Waals surface area contributed by atoms with Gasteiger partial charge in [0.05, 0.1) is 28.7 Å². The van der Waals surface area contributed by atoms with E-state index in [1.165, 1.54) is 0 Å². The number of carbonyl (C=O) groups is 1. The number of aromatic nitrogens is 2. The molecule has 5 aromatic carbocycles. The highest BCUT2D eigenvalue weighted by Gasteiger charge is 2.21. The molecule has 2 heterocycles. The number of fused-ring (bicyclic) bond motifs is 1. The number of rotatable bonds is 15. The lowest BCUT2D eigenvalue weighted by atomic mass is 9.96. The van der Waals surface area contributed by atoms with Crippen molar-refractivity contribution in [2.24, 2.45) is 0 Å². The van der Waals surface area contributed by atoms with Crippen LogP contribution in [-0.2, 0) is 37.5 Å². The second-order valence-electron chi connectivity index (χ2n) is 13.2. The number of carboxylic acid groups (broad SMARTS) is 1. The molecule has 6 aromatic rings. The van der Waals surface area contributed by atoms with Gasteiger partial charge in [-0.05, 0) is 70.6 Å². The molecular formula is C44H39ClN4O6. The number of hydrogen-bond donors (Lipinski definition) is 2. The molecule has 0 unspecified atom stereocenters. The van der Waals surface area contributed by atoms with E-state index in [1.807, 2.05) is 77.5 Å². The molecule has 0 saturated carbocycles. The van der Waals surface area contributed by atoms with E-state index in [1.54, 1.807) is 36.7 Å². The van der Waals surface area contributed by atoms with Gasteiger partial charge in [0.25, 0.3) is 0 Å². The molecule has 2 N–H and O–H groups in total. The maximum absolute atomic E-state index is 12.4. The first-order valence-corrected chi connectivity index (χ1v) is 18.3. The molecule has 1 aliphatic rings. The fourth-order valence-corrected chi connectivity index (χ4v) is 6.69. The van der Waals surface area contributed by atoms with Gasteiger partial charge in [0, 0.05) is 37.3 Å². The van der Waals surface area contributed by atoms with Gasteiger partial charge in [0.2, 0.25) is 0 Å². The predicted molar refractivity (Wildman–Crippen MR) is 209 cm³/mol. The number of halogens is 1. The van der Waals surface area contributed by atoms with Crippen molar-refractivity contribution in [3.05, 3.63) is 160 Å². The van der Waals surface area contributed by atoms with Crippen LogP contribution in [0.5, 0.6) is 23.0 Å². The first kappa shape index (κ1) is 37.1. The molecule has 0 spiro atoms. The van der Waals surface area contributed by atoms with Crippen molar-refractivity contribution < 1.29 is 28.8 Å². The van der Waals surface area contributed by atoms with Gasteiger partial charge < -0.3 is 28.6 Å². The summed E-state index contributed by atoms with van der Waals surface area (Å²) in [4.78, 5) is 16.9. The van der Waals surface area contributed by atoms with E-state index < -0.39 is 12.0 Å². The SMILES string of the molecule is Cc1c(COc2cc(OCc3cccc(C#N)c3)c(CN[C@H](Cc3cn(Cc4ccccc4)cn3)C(=O)O)cc2Cl)cccc1-c1ccc2c(c1)OCCO2. The summed E-state index contributed by atoms with van der Waals surface area (Å²) < 4.78 is 26.1. The number of benzene rings is 5. The molecular weight excluding hydrogens is 716 g/mol. The van der Waals surface area contributed by atoms with Gasteiger partial charge >= 0.3 is 5.97 Å². The number of nitrogens with zero attached hydrogens (tertiary/aromatic N) is 3. The molecule has 10 nitrogen and oxygen atoms in total. The maximum atomic E-state index is 12.4. The number of nitrogens with one attached hydrogen (secondary N) is 1. The van der Waals surface area contributed by atoms with Crippen LogP contribution in [0.25, 0.3) is 11.1 Å². The minimum absolute atomic E-state index is 0.145. The highest BCUT2D eigenvalue weighted by Crippen LogP contribution is 2.37. The Morgan fingerprint density at radius 3 is 2.51 bits per heavy atom. The van der Waals surface area contributed by atoms with E-state index in [0.717, 1.165) is 44.9 Å². The van der Waals surface area contributed by atoms with Crippen molar-refractivity contribution in [2.75, 3.05) is 13.2 Å².